The fraction of sp³-hybridized carbons (Fsp3) is 0.417. The van der Waals surface area contributed by atoms with Gasteiger partial charge in [-0.15, -0.1) is 0 Å². The van der Waals surface area contributed by atoms with Gasteiger partial charge in [0, 0.05) is 11.8 Å². The Kier molecular flexibility index (Phi) is 3.18. The lowest BCUT2D eigenvalue weighted by molar-refractivity contribution is 0.145. The fourth-order valence-corrected chi connectivity index (χ4v) is 1.74. The molecule has 0 atom stereocenters. The lowest BCUT2D eigenvalue weighted by Crippen LogP contribution is -2.05. The standard InChI is InChI=1S/C12H14N2O4/c1-4-7-5-8(17-12(15)16)9-10(6(2)3)14-18-11(9)13-7/h5-6H,4H2,1-3H3,(H,15,16). The highest BCUT2D eigenvalue weighted by atomic mass is 16.7. The molecule has 0 bridgehead atoms. The van der Waals surface area contributed by atoms with Crippen LogP contribution in [0.5, 0.6) is 5.75 Å². The van der Waals surface area contributed by atoms with Gasteiger partial charge in [-0.05, 0) is 12.3 Å². The minimum atomic E-state index is -1.36. The molecule has 0 amide bonds. The van der Waals surface area contributed by atoms with E-state index in [0.717, 1.165) is 0 Å². The van der Waals surface area contributed by atoms with Crippen LogP contribution in [0, 0.1) is 0 Å². The number of hydrogen-bond donors (Lipinski definition) is 1. The second kappa shape index (κ2) is 4.64. The normalized spacial score (nSPS) is 11.1. The van der Waals surface area contributed by atoms with Gasteiger partial charge in [-0.2, -0.15) is 0 Å². The van der Waals surface area contributed by atoms with Gasteiger partial charge in [-0.1, -0.05) is 25.9 Å². The Morgan fingerprint density at radius 3 is 2.83 bits per heavy atom. The maximum Gasteiger partial charge on any atom is 0.511 e. The van der Waals surface area contributed by atoms with Gasteiger partial charge in [0.1, 0.15) is 5.39 Å². The number of aryl methyl sites for hydroxylation is 1. The van der Waals surface area contributed by atoms with Crippen LogP contribution >= 0.6 is 0 Å². The maximum absolute atomic E-state index is 10.7. The molecule has 0 saturated carbocycles. The smallest absolute Gasteiger partial charge is 0.449 e. The third kappa shape index (κ3) is 2.13. The van der Waals surface area contributed by atoms with E-state index in [1.54, 1.807) is 6.07 Å². The van der Waals surface area contributed by atoms with E-state index in [2.05, 4.69) is 10.1 Å². The molecule has 2 heterocycles. The highest BCUT2D eigenvalue weighted by molar-refractivity contribution is 5.86. The van der Waals surface area contributed by atoms with Crippen molar-refractivity contribution in [1.82, 2.24) is 10.1 Å². The summed E-state index contributed by atoms with van der Waals surface area (Å²) < 4.78 is 9.94. The van der Waals surface area contributed by atoms with Crippen LogP contribution < -0.4 is 4.74 Å². The average molecular weight is 250 g/mol. The highest BCUT2D eigenvalue weighted by Crippen LogP contribution is 2.32. The SMILES string of the molecule is CCc1cc(OC(=O)O)c2c(C(C)C)noc2n1. The van der Waals surface area contributed by atoms with Gasteiger partial charge in [0.2, 0.25) is 0 Å². The van der Waals surface area contributed by atoms with E-state index in [9.17, 15) is 4.79 Å². The maximum atomic E-state index is 10.7. The molecule has 1 N–H and O–H groups in total. The third-order valence-electron chi connectivity index (χ3n) is 2.60. The molecule has 0 radical (unpaired) electrons. The lowest BCUT2D eigenvalue weighted by Gasteiger charge is -2.05. The van der Waals surface area contributed by atoms with Crippen molar-refractivity contribution in [2.24, 2.45) is 0 Å². The zero-order valence-corrected chi connectivity index (χ0v) is 10.4. The summed E-state index contributed by atoms with van der Waals surface area (Å²) in [6.45, 7) is 5.80. The number of carbonyl (C=O) groups is 1. The van der Waals surface area contributed by atoms with Gasteiger partial charge in [0.15, 0.2) is 5.75 Å². The monoisotopic (exact) mass is 250 g/mol. The summed E-state index contributed by atoms with van der Waals surface area (Å²) in [7, 11) is 0. The number of hydrogen-bond acceptors (Lipinski definition) is 5. The number of aromatic nitrogens is 2. The number of nitrogens with zero attached hydrogens (tertiary/aromatic N) is 2. The number of carboxylic acid groups (broad SMARTS) is 1. The molecule has 0 aliphatic heterocycles. The molecular weight excluding hydrogens is 236 g/mol. The average Bonchev–Trinajstić information content (AvgIpc) is 2.71. The summed E-state index contributed by atoms with van der Waals surface area (Å²) in [5.74, 6) is 0.325. The van der Waals surface area contributed by atoms with Crippen LogP contribution in [0.3, 0.4) is 0 Å². The number of fused-ring (bicyclic) bond motifs is 1. The van der Waals surface area contributed by atoms with E-state index >= 15 is 0 Å². The fourth-order valence-electron chi connectivity index (χ4n) is 1.74. The van der Waals surface area contributed by atoms with Crippen molar-refractivity contribution in [3.63, 3.8) is 0 Å². The molecule has 0 unspecified atom stereocenters. The van der Waals surface area contributed by atoms with Gasteiger partial charge < -0.3 is 14.4 Å². The quantitative estimate of drug-likeness (QED) is 0.843. The molecule has 2 rings (SSSR count). The van der Waals surface area contributed by atoms with Crippen LogP contribution in [0.4, 0.5) is 4.79 Å². The molecule has 0 saturated heterocycles. The van der Waals surface area contributed by atoms with Gasteiger partial charge in [0.25, 0.3) is 5.71 Å². The zero-order valence-electron chi connectivity index (χ0n) is 10.4. The van der Waals surface area contributed by atoms with Crippen LogP contribution in [0.15, 0.2) is 10.6 Å². The van der Waals surface area contributed by atoms with Crippen molar-refractivity contribution in [3.05, 3.63) is 17.5 Å². The molecule has 0 aliphatic carbocycles. The van der Waals surface area contributed by atoms with Gasteiger partial charge in [-0.25, -0.2) is 9.78 Å². The minimum absolute atomic E-state index is 0.0941. The van der Waals surface area contributed by atoms with E-state index in [1.807, 2.05) is 20.8 Å². The Morgan fingerprint density at radius 1 is 1.56 bits per heavy atom. The molecule has 96 valence electrons. The Hall–Kier alpha value is -2.11. The lowest BCUT2D eigenvalue weighted by atomic mass is 10.1. The van der Waals surface area contributed by atoms with Crippen LogP contribution in [0.25, 0.3) is 11.1 Å². The predicted octanol–water partition coefficient (Wildman–Crippen LogP) is 2.97. The molecule has 6 heteroatoms. The molecule has 18 heavy (non-hydrogen) atoms. The topological polar surface area (TPSA) is 85.5 Å². The van der Waals surface area contributed by atoms with Crippen LogP contribution in [0.1, 0.15) is 38.1 Å². The molecule has 2 aromatic rings. The molecule has 0 spiro atoms. The molecular formula is C12H14N2O4. The first-order chi connectivity index (χ1) is 8.52. The van der Waals surface area contributed by atoms with Crippen molar-refractivity contribution in [2.75, 3.05) is 0 Å². The van der Waals surface area contributed by atoms with Crippen molar-refractivity contribution >= 4 is 17.3 Å². The van der Waals surface area contributed by atoms with Crippen molar-refractivity contribution in [1.29, 1.82) is 0 Å². The summed E-state index contributed by atoms with van der Waals surface area (Å²) in [5.41, 5.74) is 1.66. The van der Waals surface area contributed by atoms with Crippen LogP contribution in [-0.2, 0) is 6.42 Å². The predicted molar refractivity (Wildman–Crippen MR) is 63.9 cm³/mol. The van der Waals surface area contributed by atoms with Gasteiger partial charge in [0.05, 0.1) is 5.69 Å². The summed E-state index contributed by atoms with van der Waals surface area (Å²) in [5, 5.41) is 13.2. The summed E-state index contributed by atoms with van der Waals surface area (Å²) in [6.07, 6.45) is -0.704. The molecule has 0 aromatic carbocycles. The van der Waals surface area contributed by atoms with Crippen LogP contribution in [-0.4, -0.2) is 21.4 Å². The van der Waals surface area contributed by atoms with Gasteiger partial charge >= 0.3 is 6.16 Å². The van der Waals surface area contributed by atoms with E-state index in [-0.39, 0.29) is 11.7 Å². The van der Waals surface area contributed by atoms with Crippen molar-refractivity contribution in [2.45, 2.75) is 33.1 Å². The second-order valence-electron chi connectivity index (χ2n) is 4.24. The van der Waals surface area contributed by atoms with E-state index in [4.69, 9.17) is 14.4 Å². The first-order valence-electron chi connectivity index (χ1n) is 5.72. The van der Waals surface area contributed by atoms with Crippen molar-refractivity contribution < 1.29 is 19.2 Å². The van der Waals surface area contributed by atoms with E-state index in [1.165, 1.54) is 0 Å². The number of rotatable bonds is 3. The first kappa shape index (κ1) is 12.3. The van der Waals surface area contributed by atoms with E-state index < -0.39 is 6.16 Å². The third-order valence-corrected chi connectivity index (χ3v) is 2.60. The van der Waals surface area contributed by atoms with E-state index in [0.29, 0.717) is 28.9 Å². The largest absolute Gasteiger partial charge is 0.511 e. The summed E-state index contributed by atoms with van der Waals surface area (Å²) >= 11 is 0. The summed E-state index contributed by atoms with van der Waals surface area (Å²) in [4.78, 5) is 15.0. The highest BCUT2D eigenvalue weighted by Gasteiger charge is 2.20. The number of ether oxygens (including phenoxy) is 1. The number of pyridine rings is 1. The minimum Gasteiger partial charge on any atom is -0.449 e. The van der Waals surface area contributed by atoms with Gasteiger partial charge in [-0.3, -0.25) is 0 Å². The van der Waals surface area contributed by atoms with Crippen molar-refractivity contribution in [3.8, 4) is 5.75 Å². The Labute approximate surface area is 104 Å². The van der Waals surface area contributed by atoms with Crippen LogP contribution in [0.2, 0.25) is 0 Å². The molecule has 0 aliphatic rings. The zero-order chi connectivity index (χ0) is 13.3. The molecule has 6 nitrogen and oxygen atoms in total. The molecule has 2 aromatic heterocycles. The Bertz CT molecular complexity index is 589. The molecule has 0 fully saturated rings. The second-order valence-corrected chi connectivity index (χ2v) is 4.24. The Balaban J connectivity index is 2.68. The first-order valence-corrected chi connectivity index (χ1v) is 5.72. The summed E-state index contributed by atoms with van der Waals surface area (Å²) in [6, 6.07) is 1.61. The Morgan fingerprint density at radius 2 is 2.28 bits per heavy atom.